The van der Waals surface area contributed by atoms with E-state index >= 15 is 0 Å². The molecule has 24 heavy (non-hydrogen) atoms. The Morgan fingerprint density at radius 3 is 2.50 bits per heavy atom. The first-order valence-electron chi connectivity index (χ1n) is 8.65. The molecule has 5 heteroatoms. The van der Waals surface area contributed by atoms with Gasteiger partial charge in [0.25, 0.3) is 0 Å². The topological polar surface area (TPSA) is 33.1 Å². The summed E-state index contributed by atoms with van der Waals surface area (Å²) in [4.78, 5) is 2.35. The Labute approximate surface area is 149 Å². The summed E-state index contributed by atoms with van der Waals surface area (Å²) in [6.45, 7) is 6.11. The largest absolute Gasteiger partial charge is 0.311 e. The Kier molecular flexibility index (Phi) is 5.28. The van der Waals surface area contributed by atoms with Gasteiger partial charge in [0.1, 0.15) is 0 Å². The molecule has 0 saturated heterocycles. The van der Waals surface area contributed by atoms with Gasteiger partial charge in [-0.25, -0.2) is 4.68 Å². The maximum absolute atomic E-state index is 5.99. The number of aromatic nitrogens is 2. The first-order chi connectivity index (χ1) is 11.5. The molecular weight excluding hydrogens is 320 g/mol. The number of nitrogens with one attached hydrogen (secondary N) is 1. The van der Waals surface area contributed by atoms with Crippen LogP contribution in [0.3, 0.4) is 0 Å². The fourth-order valence-electron chi connectivity index (χ4n) is 3.36. The maximum Gasteiger partial charge on any atom is 0.0649 e. The Bertz CT molecular complexity index is 684. The zero-order chi connectivity index (χ0) is 17.3. The third-order valence-electron chi connectivity index (χ3n) is 5.00. The highest BCUT2D eigenvalue weighted by molar-refractivity contribution is 6.30. The zero-order valence-corrected chi connectivity index (χ0v) is 15.8. The molecule has 4 nitrogen and oxygen atoms in total. The molecule has 1 aromatic heterocycles. The van der Waals surface area contributed by atoms with Crippen LogP contribution in [-0.4, -0.2) is 41.4 Å². The highest BCUT2D eigenvalue weighted by Gasteiger charge is 2.32. The Hall–Kier alpha value is -1.36. The second kappa shape index (κ2) is 7.26. The van der Waals surface area contributed by atoms with Crippen molar-refractivity contribution in [3.05, 3.63) is 46.2 Å². The highest BCUT2D eigenvalue weighted by Crippen LogP contribution is 2.34. The van der Waals surface area contributed by atoms with E-state index in [1.165, 1.54) is 24.1 Å². The number of benzene rings is 1. The second-order valence-corrected chi connectivity index (χ2v) is 7.47. The number of halogens is 1. The average molecular weight is 347 g/mol. The first kappa shape index (κ1) is 17.5. The molecule has 1 aromatic carbocycles. The summed E-state index contributed by atoms with van der Waals surface area (Å²) in [6, 6.07) is 8.46. The normalized spacial score (nSPS) is 15.9. The molecule has 1 atom stereocenters. The molecule has 1 aliphatic rings. The molecule has 0 spiro atoms. The minimum absolute atomic E-state index is 0.636. The first-order valence-corrected chi connectivity index (χ1v) is 9.03. The summed E-state index contributed by atoms with van der Waals surface area (Å²) >= 11 is 5.99. The van der Waals surface area contributed by atoms with Crippen LogP contribution in [0.1, 0.15) is 29.8 Å². The molecule has 0 radical (unpaired) electrons. The Morgan fingerprint density at radius 2 is 1.92 bits per heavy atom. The van der Waals surface area contributed by atoms with Gasteiger partial charge in [0, 0.05) is 35.4 Å². The predicted molar refractivity (Wildman–Crippen MR) is 100.0 cm³/mol. The molecule has 1 unspecified atom stereocenters. The van der Waals surface area contributed by atoms with E-state index in [1.54, 1.807) is 0 Å². The van der Waals surface area contributed by atoms with Gasteiger partial charge < -0.3 is 10.2 Å². The lowest BCUT2D eigenvalue weighted by atomic mass is 10.1. The summed E-state index contributed by atoms with van der Waals surface area (Å²) in [5.74, 6) is 0.867. The lowest BCUT2D eigenvalue weighted by Crippen LogP contribution is -2.39. The van der Waals surface area contributed by atoms with Crippen molar-refractivity contribution in [2.45, 2.75) is 39.3 Å². The Balaban J connectivity index is 1.69. The number of likely N-dealkylation sites (N-methyl/N-ethyl adjacent to an activating group) is 1. The van der Waals surface area contributed by atoms with Crippen molar-refractivity contribution in [1.82, 2.24) is 20.0 Å². The van der Waals surface area contributed by atoms with Crippen molar-refractivity contribution in [2.75, 3.05) is 20.6 Å². The van der Waals surface area contributed by atoms with Crippen LogP contribution in [0.15, 0.2) is 24.3 Å². The fraction of sp³-hybridized carbons (Fsp3) is 0.526. The maximum atomic E-state index is 5.99. The second-order valence-electron chi connectivity index (χ2n) is 7.04. The smallest absolute Gasteiger partial charge is 0.0649 e. The van der Waals surface area contributed by atoms with Gasteiger partial charge in [-0.2, -0.15) is 5.10 Å². The van der Waals surface area contributed by atoms with Crippen molar-refractivity contribution in [1.29, 1.82) is 0 Å². The van der Waals surface area contributed by atoms with Crippen LogP contribution >= 0.6 is 11.6 Å². The minimum Gasteiger partial charge on any atom is -0.311 e. The summed E-state index contributed by atoms with van der Waals surface area (Å²) in [5.41, 5.74) is 4.62. The monoisotopic (exact) mass is 346 g/mol. The Morgan fingerprint density at radius 1 is 1.25 bits per heavy atom. The van der Waals surface area contributed by atoms with Gasteiger partial charge in [0.2, 0.25) is 0 Å². The standard InChI is InChI=1S/C19H27ClN4/c1-13-18(11-21-12-19(23(3)4)15-5-6-15)14(2)24(22-13)17-9-7-16(20)8-10-17/h7-10,15,19,21H,5-6,11-12H2,1-4H3. The SMILES string of the molecule is Cc1nn(-c2ccc(Cl)cc2)c(C)c1CNCC(C1CC1)N(C)C. The molecular formula is C19H27ClN4. The predicted octanol–water partition coefficient (Wildman–Crippen LogP) is 3.57. The lowest BCUT2D eigenvalue weighted by molar-refractivity contribution is 0.255. The minimum atomic E-state index is 0.636. The van der Waals surface area contributed by atoms with Gasteiger partial charge in [-0.1, -0.05) is 11.6 Å². The summed E-state index contributed by atoms with van der Waals surface area (Å²) in [6.07, 6.45) is 2.74. The van der Waals surface area contributed by atoms with Gasteiger partial charge >= 0.3 is 0 Å². The lowest BCUT2D eigenvalue weighted by Gasteiger charge is -2.24. The van der Waals surface area contributed by atoms with Crippen LogP contribution in [0.2, 0.25) is 5.02 Å². The van der Waals surface area contributed by atoms with Crippen LogP contribution in [0.25, 0.3) is 5.69 Å². The molecule has 1 aliphatic carbocycles. The van der Waals surface area contributed by atoms with Gasteiger partial charge in [0.15, 0.2) is 0 Å². The van der Waals surface area contributed by atoms with E-state index in [9.17, 15) is 0 Å². The van der Waals surface area contributed by atoms with E-state index in [-0.39, 0.29) is 0 Å². The number of hydrogen-bond donors (Lipinski definition) is 1. The number of hydrogen-bond acceptors (Lipinski definition) is 3. The van der Waals surface area contributed by atoms with Crippen LogP contribution in [0.4, 0.5) is 0 Å². The van der Waals surface area contributed by atoms with Crippen LogP contribution < -0.4 is 5.32 Å². The van der Waals surface area contributed by atoms with Crippen molar-refractivity contribution >= 4 is 11.6 Å². The third kappa shape index (κ3) is 3.82. The van der Waals surface area contributed by atoms with E-state index in [1.807, 2.05) is 28.9 Å². The summed E-state index contributed by atoms with van der Waals surface area (Å²) in [7, 11) is 4.36. The number of aryl methyl sites for hydroxylation is 1. The average Bonchev–Trinajstić information content (AvgIpc) is 3.33. The van der Waals surface area contributed by atoms with E-state index < -0.39 is 0 Å². The van der Waals surface area contributed by atoms with Crippen LogP contribution in [-0.2, 0) is 6.54 Å². The molecule has 2 aromatic rings. The molecule has 3 rings (SSSR count). The van der Waals surface area contributed by atoms with Crippen LogP contribution in [0.5, 0.6) is 0 Å². The molecule has 1 fully saturated rings. The molecule has 1 heterocycles. The van der Waals surface area contributed by atoms with Crippen LogP contribution in [0, 0.1) is 19.8 Å². The van der Waals surface area contributed by atoms with Crippen molar-refractivity contribution in [3.63, 3.8) is 0 Å². The zero-order valence-electron chi connectivity index (χ0n) is 15.0. The van der Waals surface area contributed by atoms with Gasteiger partial charge in [0.05, 0.1) is 11.4 Å². The van der Waals surface area contributed by atoms with E-state index in [4.69, 9.17) is 16.7 Å². The van der Waals surface area contributed by atoms with Gasteiger partial charge in [-0.15, -0.1) is 0 Å². The molecule has 0 bridgehead atoms. The summed E-state index contributed by atoms with van der Waals surface area (Å²) < 4.78 is 2.01. The molecule has 0 amide bonds. The molecule has 1 N–H and O–H groups in total. The van der Waals surface area contributed by atoms with E-state index in [0.29, 0.717) is 6.04 Å². The quantitative estimate of drug-likeness (QED) is 0.832. The third-order valence-corrected chi connectivity index (χ3v) is 5.25. The molecule has 0 aliphatic heterocycles. The molecule has 130 valence electrons. The van der Waals surface area contributed by atoms with Gasteiger partial charge in [-0.3, -0.25) is 0 Å². The van der Waals surface area contributed by atoms with Gasteiger partial charge in [-0.05, 0) is 71.0 Å². The molecule has 1 saturated carbocycles. The van der Waals surface area contributed by atoms with Crippen molar-refractivity contribution in [2.24, 2.45) is 5.92 Å². The number of rotatable bonds is 7. The van der Waals surface area contributed by atoms with E-state index in [2.05, 4.69) is 38.2 Å². The highest BCUT2D eigenvalue weighted by atomic mass is 35.5. The van der Waals surface area contributed by atoms with E-state index in [0.717, 1.165) is 35.4 Å². The fourth-order valence-corrected chi connectivity index (χ4v) is 3.49. The van der Waals surface area contributed by atoms with Crippen molar-refractivity contribution in [3.8, 4) is 5.69 Å². The number of nitrogens with zero attached hydrogens (tertiary/aromatic N) is 3. The summed E-state index contributed by atoms with van der Waals surface area (Å²) in [5, 5.41) is 9.10. The van der Waals surface area contributed by atoms with Crippen molar-refractivity contribution < 1.29 is 0 Å².